The molecule has 0 saturated carbocycles. The quantitative estimate of drug-likeness (QED) is 0.913. The molecule has 0 atom stereocenters. The van der Waals surface area contributed by atoms with E-state index in [-0.39, 0.29) is 24.8 Å². The SMILES string of the molecule is Cc1cc(Br)cc2cc(C(=O)NCCO)oc12. The van der Waals surface area contributed by atoms with Crippen LogP contribution in [0.1, 0.15) is 16.1 Å². The third-order valence-corrected chi connectivity index (χ3v) is 2.85. The summed E-state index contributed by atoms with van der Waals surface area (Å²) >= 11 is 3.40. The maximum absolute atomic E-state index is 11.6. The van der Waals surface area contributed by atoms with Gasteiger partial charge in [0.05, 0.1) is 6.61 Å². The number of benzene rings is 1. The van der Waals surface area contributed by atoms with Crippen molar-refractivity contribution in [3.05, 3.63) is 34.0 Å². The van der Waals surface area contributed by atoms with Crippen LogP contribution in [0.4, 0.5) is 0 Å². The second-order valence-corrected chi connectivity index (χ2v) is 4.65. The highest BCUT2D eigenvalue weighted by Crippen LogP contribution is 2.26. The molecule has 1 amide bonds. The van der Waals surface area contributed by atoms with Crippen molar-refractivity contribution in [2.45, 2.75) is 6.92 Å². The Hall–Kier alpha value is -1.33. The first-order chi connectivity index (χ1) is 8.11. The van der Waals surface area contributed by atoms with Crippen LogP contribution in [-0.2, 0) is 0 Å². The van der Waals surface area contributed by atoms with Crippen molar-refractivity contribution in [1.82, 2.24) is 5.32 Å². The number of carbonyl (C=O) groups excluding carboxylic acids is 1. The minimum absolute atomic E-state index is 0.0868. The number of aliphatic hydroxyl groups is 1. The summed E-state index contributed by atoms with van der Waals surface area (Å²) in [4.78, 5) is 11.6. The number of furan rings is 1. The minimum atomic E-state index is -0.314. The van der Waals surface area contributed by atoms with E-state index in [2.05, 4.69) is 21.2 Å². The second-order valence-electron chi connectivity index (χ2n) is 3.73. The molecule has 0 saturated heterocycles. The second kappa shape index (κ2) is 4.89. The summed E-state index contributed by atoms with van der Waals surface area (Å²) in [5.74, 6) is -0.0552. The number of halogens is 1. The van der Waals surface area contributed by atoms with Crippen molar-refractivity contribution < 1.29 is 14.3 Å². The van der Waals surface area contributed by atoms with Gasteiger partial charge in [0.25, 0.3) is 5.91 Å². The van der Waals surface area contributed by atoms with Gasteiger partial charge in [-0.15, -0.1) is 0 Å². The minimum Gasteiger partial charge on any atom is -0.451 e. The third kappa shape index (κ3) is 2.50. The van der Waals surface area contributed by atoms with E-state index >= 15 is 0 Å². The molecular weight excluding hydrogens is 286 g/mol. The van der Waals surface area contributed by atoms with E-state index < -0.39 is 0 Å². The summed E-state index contributed by atoms with van der Waals surface area (Å²) in [7, 11) is 0. The summed E-state index contributed by atoms with van der Waals surface area (Å²) in [6.07, 6.45) is 0. The summed E-state index contributed by atoms with van der Waals surface area (Å²) in [6, 6.07) is 5.52. The molecule has 4 nitrogen and oxygen atoms in total. The molecule has 0 unspecified atom stereocenters. The number of carbonyl (C=O) groups is 1. The average Bonchev–Trinajstić information content (AvgIpc) is 2.69. The van der Waals surface area contributed by atoms with Gasteiger partial charge in [0.1, 0.15) is 5.58 Å². The van der Waals surface area contributed by atoms with Crippen molar-refractivity contribution in [1.29, 1.82) is 0 Å². The number of aliphatic hydroxyl groups excluding tert-OH is 1. The molecule has 1 aromatic heterocycles. The van der Waals surface area contributed by atoms with Crippen LogP contribution in [-0.4, -0.2) is 24.2 Å². The molecule has 0 aliphatic carbocycles. The van der Waals surface area contributed by atoms with E-state index in [9.17, 15) is 4.79 Å². The molecule has 0 spiro atoms. The molecule has 0 aliphatic heterocycles. The molecule has 1 heterocycles. The fourth-order valence-corrected chi connectivity index (χ4v) is 2.24. The highest BCUT2D eigenvalue weighted by Gasteiger charge is 2.13. The lowest BCUT2D eigenvalue weighted by Crippen LogP contribution is -2.25. The van der Waals surface area contributed by atoms with E-state index in [1.54, 1.807) is 6.07 Å². The Morgan fingerprint density at radius 3 is 2.94 bits per heavy atom. The first-order valence-corrected chi connectivity index (χ1v) is 6.00. The summed E-state index contributed by atoms with van der Waals surface area (Å²) in [5, 5.41) is 12.1. The van der Waals surface area contributed by atoms with Gasteiger partial charge in [-0.2, -0.15) is 0 Å². The van der Waals surface area contributed by atoms with Crippen molar-refractivity contribution in [2.75, 3.05) is 13.2 Å². The first-order valence-electron chi connectivity index (χ1n) is 5.20. The fraction of sp³-hybridized carbons (Fsp3) is 0.250. The van der Waals surface area contributed by atoms with Gasteiger partial charge in [-0.05, 0) is 30.7 Å². The van der Waals surface area contributed by atoms with Gasteiger partial charge >= 0.3 is 0 Å². The van der Waals surface area contributed by atoms with Crippen LogP contribution in [0.2, 0.25) is 0 Å². The Bertz CT molecular complexity index is 562. The normalized spacial score (nSPS) is 10.8. The largest absolute Gasteiger partial charge is 0.451 e. The van der Waals surface area contributed by atoms with Crippen LogP contribution in [0.15, 0.2) is 27.1 Å². The van der Waals surface area contributed by atoms with E-state index in [0.29, 0.717) is 5.58 Å². The number of hydrogen-bond acceptors (Lipinski definition) is 3. The lowest BCUT2D eigenvalue weighted by Gasteiger charge is -1.98. The Morgan fingerprint density at radius 1 is 1.47 bits per heavy atom. The zero-order valence-corrected chi connectivity index (χ0v) is 10.9. The molecule has 2 aromatic rings. The molecule has 2 rings (SSSR count). The molecular formula is C12H12BrNO3. The predicted molar refractivity (Wildman–Crippen MR) is 68.1 cm³/mol. The average molecular weight is 298 g/mol. The third-order valence-electron chi connectivity index (χ3n) is 2.39. The van der Waals surface area contributed by atoms with Crippen LogP contribution in [0.3, 0.4) is 0 Å². The van der Waals surface area contributed by atoms with Gasteiger partial charge in [0, 0.05) is 16.4 Å². The summed E-state index contributed by atoms with van der Waals surface area (Å²) in [6.45, 7) is 2.06. The van der Waals surface area contributed by atoms with Crippen LogP contribution in [0, 0.1) is 6.92 Å². The van der Waals surface area contributed by atoms with Gasteiger partial charge in [-0.1, -0.05) is 15.9 Å². The van der Waals surface area contributed by atoms with E-state index in [1.807, 2.05) is 19.1 Å². The number of amides is 1. The molecule has 2 N–H and O–H groups in total. The highest BCUT2D eigenvalue weighted by atomic mass is 79.9. The molecule has 0 bridgehead atoms. The smallest absolute Gasteiger partial charge is 0.287 e. The summed E-state index contributed by atoms with van der Waals surface area (Å²) < 4.78 is 6.45. The Balaban J connectivity index is 2.37. The molecule has 90 valence electrons. The fourth-order valence-electron chi connectivity index (χ4n) is 1.65. The lowest BCUT2D eigenvalue weighted by molar-refractivity contribution is 0.0919. The maximum atomic E-state index is 11.6. The molecule has 0 radical (unpaired) electrons. The van der Waals surface area contributed by atoms with Gasteiger partial charge in [0.2, 0.25) is 0 Å². The topological polar surface area (TPSA) is 62.5 Å². The first kappa shape index (κ1) is 12.1. The van der Waals surface area contributed by atoms with Gasteiger partial charge in [0.15, 0.2) is 5.76 Å². The van der Waals surface area contributed by atoms with E-state index in [4.69, 9.17) is 9.52 Å². The number of rotatable bonds is 3. The maximum Gasteiger partial charge on any atom is 0.287 e. The zero-order chi connectivity index (χ0) is 12.4. The standard InChI is InChI=1S/C12H12BrNO3/c1-7-4-9(13)5-8-6-10(17-11(7)8)12(16)14-2-3-15/h4-6,15H,2-3H2,1H3,(H,14,16). The van der Waals surface area contributed by atoms with Gasteiger partial charge < -0.3 is 14.8 Å². The number of hydrogen-bond donors (Lipinski definition) is 2. The molecule has 5 heteroatoms. The molecule has 0 fully saturated rings. The van der Waals surface area contributed by atoms with Crippen LogP contribution < -0.4 is 5.32 Å². The number of fused-ring (bicyclic) bond motifs is 1. The Morgan fingerprint density at radius 2 is 2.24 bits per heavy atom. The number of aryl methyl sites for hydroxylation is 1. The van der Waals surface area contributed by atoms with Crippen LogP contribution >= 0.6 is 15.9 Å². The Kier molecular flexibility index (Phi) is 3.49. The van der Waals surface area contributed by atoms with E-state index in [0.717, 1.165) is 15.4 Å². The highest BCUT2D eigenvalue weighted by molar-refractivity contribution is 9.10. The zero-order valence-electron chi connectivity index (χ0n) is 9.29. The van der Waals surface area contributed by atoms with Crippen molar-refractivity contribution in [3.8, 4) is 0 Å². The summed E-state index contributed by atoms with van der Waals surface area (Å²) in [5.41, 5.74) is 1.68. The van der Waals surface area contributed by atoms with Crippen molar-refractivity contribution in [2.24, 2.45) is 0 Å². The molecule has 1 aromatic carbocycles. The Labute approximate surface area is 107 Å². The lowest BCUT2D eigenvalue weighted by atomic mass is 10.2. The van der Waals surface area contributed by atoms with Crippen molar-refractivity contribution >= 4 is 32.8 Å². The monoisotopic (exact) mass is 297 g/mol. The molecule has 17 heavy (non-hydrogen) atoms. The van der Waals surface area contributed by atoms with Gasteiger partial charge in [-0.25, -0.2) is 0 Å². The van der Waals surface area contributed by atoms with Gasteiger partial charge in [-0.3, -0.25) is 4.79 Å². The van der Waals surface area contributed by atoms with Crippen LogP contribution in [0.5, 0.6) is 0 Å². The van der Waals surface area contributed by atoms with Crippen molar-refractivity contribution in [3.63, 3.8) is 0 Å². The number of nitrogens with one attached hydrogen (secondary N) is 1. The predicted octanol–water partition coefficient (Wildman–Crippen LogP) is 2.23. The molecule has 0 aliphatic rings. The van der Waals surface area contributed by atoms with E-state index in [1.165, 1.54) is 0 Å². The van der Waals surface area contributed by atoms with Crippen LogP contribution in [0.25, 0.3) is 11.0 Å².